The molecule has 138 valence electrons. The quantitative estimate of drug-likeness (QED) is 0.428. The average molecular weight is 350 g/mol. The van der Waals surface area contributed by atoms with E-state index in [0.29, 0.717) is 12.8 Å². The van der Waals surface area contributed by atoms with Crippen molar-refractivity contribution in [1.82, 2.24) is 0 Å². The van der Waals surface area contributed by atoms with E-state index in [9.17, 15) is 9.59 Å². The fourth-order valence-corrected chi connectivity index (χ4v) is 0.451. The molecule has 0 atom stereocenters. The van der Waals surface area contributed by atoms with Crippen LogP contribution in [0.1, 0.15) is 53.4 Å². The number of carboxylic acids is 2. The van der Waals surface area contributed by atoms with Gasteiger partial charge in [-0.05, 0) is 40.5 Å². The van der Waals surface area contributed by atoms with E-state index in [0.717, 1.165) is 0 Å². The molecule has 0 aromatic carbocycles. The number of carbonyl (C=O) groups is 2. The minimum atomic E-state index is -0.764. The van der Waals surface area contributed by atoms with E-state index in [-0.39, 0.29) is 42.4 Å². The molecule has 0 fully saturated rings. The van der Waals surface area contributed by atoms with Crippen LogP contribution in [0.5, 0.6) is 0 Å². The van der Waals surface area contributed by atoms with Crippen molar-refractivity contribution in [2.24, 2.45) is 0 Å². The summed E-state index contributed by atoms with van der Waals surface area (Å²) >= 11 is 0. The Hall–Kier alpha value is -1.13. The lowest BCUT2D eigenvalue weighted by molar-refractivity contribution is -0.137. The molecule has 0 rings (SSSR count). The van der Waals surface area contributed by atoms with E-state index >= 15 is 0 Å². The van der Waals surface area contributed by atoms with Gasteiger partial charge >= 0.3 is 11.9 Å². The number of rotatable bonds is 6. The third kappa shape index (κ3) is 157. The Balaban J connectivity index is -0.0000000639. The van der Waals surface area contributed by atoms with Crippen LogP contribution in [0.3, 0.4) is 0 Å². The summed E-state index contributed by atoms with van der Waals surface area (Å²) in [5.74, 6) is -1.53. The zero-order chi connectivity index (χ0) is 18.6. The van der Waals surface area contributed by atoms with Crippen LogP contribution in [-0.2, 0) is 9.59 Å². The van der Waals surface area contributed by atoms with Crippen LogP contribution in [0.15, 0.2) is 25.3 Å². The highest BCUT2D eigenvalue weighted by molar-refractivity contribution is 5.75. The van der Waals surface area contributed by atoms with Gasteiger partial charge < -0.3 is 20.4 Å². The van der Waals surface area contributed by atoms with Crippen LogP contribution in [-0.4, -0.2) is 61.9 Å². The predicted octanol–water partition coefficient (Wildman–Crippen LogP) is 1.66. The third-order valence-corrected chi connectivity index (χ3v) is 1.12. The zero-order valence-electron chi connectivity index (χ0n) is 14.2. The van der Waals surface area contributed by atoms with E-state index in [1.807, 2.05) is 0 Å². The van der Waals surface area contributed by atoms with Crippen molar-refractivity contribution in [2.75, 3.05) is 0 Å². The van der Waals surface area contributed by atoms with Crippen molar-refractivity contribution < 1.29 is 30.0 Å². The first kappa shape index (κ1) is 33.5. The monoisotopic (exact) mass is 350 g/mol. The molecule has 0 radical (unpaired) electrons. The minimum absolute atomic E-state index is 0. The fraction of sp³-hybridized carbons (Fsp3) is 0.625. The summed E-state index contributed by atoms with van der Waals surface area (Å²) in [6.07, 6.45) is 4.37. The molecule has 4 N–H and O–H groups in total. The molecule has 0 saturated carbocycles. The summed E-state index contributed by atoms with van der Waals surface area (Å²) in [4.78, 5) is 19.4. The highest BCUT2D eigenvalue weighted by atomic mass is 27.0. The van der Waals surface area contributed by atoms with E-state index in [2.05, 4.69) is 13.2 Å². The van der Waals surface area contributed by atoms with Gasteiger partial charge in [0.05, 0.1) is 0 Å². The fourth-order valence-electron chi connectivity index (χ4n) is 0.451. The predicted molar refractivity (Wildman–Crippen MR) is 98.8 cm³/mol. The maximum absolute atomic E-state index is 9.71. The Morgan fingerprint density at radius 1 is 0.826 bits per heavy atom. The second-order valence-electron chi connectivity index (χ2n) is 4.63. The summed E-state index contributed by atoms with van der Waals surface area (Å²) in [6, 6.07) is 0. The third-order valence-electron chi connectivity index (χ3n) is 1.12. The maximum Gasteiger partial charge on any atom is 0.303 e. The van der Waals surface area contributed by atoms with Crippen LogP contribution in [0.4, 0.5) is 0 Å². The molecule has 0 aromatic rings. The van der Waals surface area contributed by atoms with Gasteiger partial charge in [0, 0.05) is 25.0 Å². The molecule has 0 spiro atoms. The molecule has 0 amide bonds. The van der Waals surface area contributed by atoms with Gasteiger partial charge in [0.25, 0.3) is 0 Å². The molecular weight excluding hydrogens is 315 g/mol. The second-order valence-corrected chi connectivity index (χ2v) is 4.63. The lowest BCUT2D eigenvalue weighted by atomic mass is 10.3. The number of aliphatic hydroxyl groups excluding tert-OH is 2. The molecule has 0 heterocycles. The van der Waals surface area contributed by atoms with Gasteiger partial charge in [-0.25, -0.2) is 0 Å². The van der Waals surface area contributed by atoms with Crippen molar-refractivity contribution in [3.05, 3.63) is 25.3 Å². The highest BCUT2D eigenvalue weighted by Gasteiger charge is 1.89. The van der Waals surface area contributed by atoms with Crippen LogP contribution < -0.4 is 0 Å². The topological polar surface area (TPSA) is 115 Å². The Labute approximate surface area is 150 Å². The summed E-state index contributed by atoms with van der Waals surface area (Å²) in [5, 5.41) is 32.1. The maximum atomic E-state index is 9.71. The molecule has 0 aliphatic rings. The lowest BCUT2D eigenvalue weighted by Crippen LogP contribution is -1.90. The van der Waals surface area contributed by atoms with E-state index < -0.39 is 11.9 Å². The molecule has 0 aromatic heterocycles. The highest BCUT2D eigenvalue weighted by Crippen LogP contribution is 1.86. The van der Waals surface area contributed by atoms with E-state index in [1.165, 1.54) is 0 Å². The Morgan fingerprint density at radius 2 is 1.00 bits per heavy atom. The number of carboxylic acid groups (broad SMARTS) is 2. The molecule has 0 saturated heterocycles. The normalized spacial score (nSPS) is 8.00. The van der Waals surface area contributed by atoms with Crippen molar-refractivity contribution in [1.29, 1.82) is 0 Å². The van der Waals surface area contributed by atoms with Gasteiger partial charge in [-0.15, -0.1) is 13.2 Å². The van der Waals surface area contributed by atoms with Crippen LogP contribution in [0.25, 0.3) is 0 Å². The van der Waals surface area contributed by atoms with E-state index in [4.69, 9.17) is 20.4 Å². The number of hydrogen-bond acceptors (Lipinski definition) is 4. The van der Waals surface area contributed by atoms with Crippen LogP contribution in [0, 0.1) is 0 Å². The molecular formula is C16H35AlO6. The van der Waals surface area contributed by atoms with Crippen molar-refractivity contribution in [2.45, 2.75) is 65.6 Å². The molecule has 23 heavy (non-hydrogen) atoms. The van der Waals surface area contributed by atoms with Gasteiger partial charge in [0.2, 0.25) is 0 Å². The van der Waals surface area contributed by atoms with Crippen molar-refractivity contribution in [3.8, 4) is 0 Å². The van der Waals surface area contributed by atoms with Crippen LogP contribution in [0.2, 0.25) is 0 Å². The largest absolute Gasteiger partial charge is 0.481 e. The van der Waals surface area contributed by atoms with Gasteiger partial charge in [0.15, 0.2) is 17.4 Å². The van der Waals surface area contributed by atoms with E-state index in [1.54, 1.807) is 39.8 Å². The molecule has 0 bridgehead atoms. The zero-order valence-corrected chi connectivity index (χ0v) is 14.2. The molecule has 0 aliphatic carbocycles. The molecule has 0 aliphatic heterocycles. The van der Waals surface area contributed by atoms with Crippen LogP contribution >= 0.6 is 0 Å². The number of aliphatic hydroxyl groups is 2. The number of allylic oxidation sites excluding steroid dienone is 2. The van der Waals surface area contributed by atoms with Gasteiger partial charge in [0.1, 0.15) is 0 Å². The minimum Gasteiger partial charge on any atom is -0.481 e. The molecule has 6 nitrogen and oxygen atoms in total. The number of hydrogen-bond donors (Lipinski definition) is 4. The van der Waals surface area contributed by atoms with Crippen molar-refractivity contribution in [3.63, 3.8) is 0 Å². The SMILES string of the molecule is C=CCCC(=O)O.C=CCCC(=O)O.CC(C)O.CC(C)O.[AlH3]. The summed E-state index contributed by atoms with van der Waals surface area (Å²) in [6.45, 7) is 13.6. The smallest absolute Gasteiger partial charge is 0.303 e. The second kappa shape index (κ2) is 29.0. The standard InChI is InChI=1S/2C5H8O2.2C3H8O.Al.3H/c2*1-2-3-4-5(6)7;2*1-3(2)4;;;;/h2*2H,1,3-4H2,(H,6,7);2*3-4H,1-2H3;;;;. The molecule has 0 unspecified atom stereocenters. The summed E-state index contributed by atoms with van der Waals surface area (Å²) in [5.41, 5.74) is 0. The first-order valence-electron chi connectivity index (χ1n) is 7.02. The Morgan fingerprint density at radius 3 is 1.04 bits per heavy atom. The Bertz CT molecular complexity index is 244. The Kier molecular flexibility index (Phi) is 42.1. The lowest BCUT2D eigenvalue weighted by Gasteiger charge is -1.82. The first-order valence-corrected chi connectivity index (χ1v) is 7.02. The van der Waals surface area contributed by atoms with Crippen molar-refractivity contribution >= 4 is 29.3 Å². The summed E-state index contributed by atoms with van der Waals surface area (Å²) < 4.78 is 0. The van der Waals surface area contributed by atoms with Gasteiger partial charge in [-0.1, -0.05) is 12.2 Å². The first-order chi connectivity index (χ1) is 10.0. The van der Waals surface area contributed by atoms with Gasteiger partial charge in [-0.3, -0.25) is 9.59 Å². The summed E-state index contributed by atoms with van der Waals surface area (Å²) in [7, 11) is 0. The molecule has 7 heteroatoms. The number of aliphatic carboxylic acids is 2. The van der Waals surface area contributed by atoms with Gasteiger partial charge in [-0.2, -0.15) is 0 Å². The average Bonchev–Trinajstić information content (AvgIpc) is 2.33.